The Labute approximate surface area is 91.9 Å². The van der Waals surface area contributed by atoms with Crippen LogP contribution < -0.4 is 5.73 Å². The average molecular weight is 233 g/mol. The van der Waals surface area contributed by atoms with Gasteiger partial charge >= 0.3 is 6.18 Å². The van der Waals surface area contributed by atoms with Crippen LogP contribution in [0.1, 0.15) is 24.5 Å². The number of aliphatic hydroxyl groups excluding tert-OH is 1. The van der Waals surface area contributed by atoms with Gasteiger partial charge in [-0.1, -0.05) is 19.1 Å². The molecule has 0 radical (unpaired) electrons. The molecule has 0 saturated heterocycles. The number of aliphatic hydroxyl groups is 1. The van der Waals surface area contributed by atoms with Crippen molar-refractivity contribution in [1.82, 2.24) is 0 Å². The van der Waals surface area contributed by atoms with Gasteiger partial charge < -0.3 is 10.8 Å². The Morgan fingerprint density at radius 2 is 1.81 bits per heavy atom. The number of halogens is 3. The van der Waals surface area contributed by atoms with Crippen LogP contribution in [0.15, 0.2) is 24.3 Å². The quantitative estimate of drug-likeness (QED) is 0.841. The van der Waals surface area contributed by atoms with Crippen molar-refractivity contribution in [2.24, 2.45) is 5.73 Å². The lowest BCUT2D eigenvalue weighted by Crippen LogP contribution is -2.39. The summed E-state index contributed by atoms with van der Waals surface area (Å²) in [6, 6.07) is 4.76. The monoisotopic (exact) mass is 233 g/mol. The molecule has 0 fully saturated rings. The molecule has 0 bridgehead atoms. The van der Waals surface area contributed by atoms with Gasteiger partial charge in [0.25, 0.3) is 0 Å². The van der Waals surface area contributed by atoms with Gasteiger partial charge in [0.2, 0.25) is 0 Å². The van der Waals surface area contributed by atoms with E-state index in [2.05, 4.69) is 0 Å². The third-order valence-electron chi connectivity index (χ3n) is 2.68. The maximum absolute atomic E-state index is 12.5. The first kappa shape index (κ1) is 13.0. The van der Waals surface area contributed by atoms with E-state index < -0.39 is 17.3 Å². The van der Waals surface area contributed by atoms with Gasteiger partial charge in [-0.05, 0) is 24.1 Å². The molecule has 0 aliphatic heterocycles. The van der Waals surface area contributed by atoms with E-state index in [0.29, 0.717) is 12.0 Å². The second-order valence-corrected chi connectivity index (χ2v) is 3.75. The predicted octanol–water partition coefficient (Wildman–Crippen LogP) is 2.26. The normalized spacial score (nSPS) is 15.9. The zero-order valence-corrected chi connectivity index (χ0v) is 8.88. The molecule has 0 aliphatic rings. The third kappa shape index (κ3) is 2.54. The summed E-state index contributed by atoms with van der Waals surface area (Å²) in [5.74, 6) is 0. The molecule has 5 heteroatoms. The Bertz CT molecular complexity index is 358. The van der Waals surface area contributed by atoms with E-state index in [0.717, 1.165) is 12.1 Å². The smallest absolute Gasteiger partial charge is 0.394 e. The molecule has 0 saturated carbocycles. The minimum Gasteiger partial charge on any atom is -0.394 e. The summed E-state index contributed by atoms with van der Waals surface area (Å²) in [7, 11) is 0. The zero-order valence-electron chi connectivity index (χ0n) is 8.88. The third-order valence-corrected chi connectivity index (χ3v) is 2.68. The summed E-state index contributed by atoms with van der Waals surface area (Å²) < 4.78 is 37.4. The number of hydrogen-bond donors (Lipinski definition) is 2. The molecular formula is C11H14F3NO. The SMILES string of the molecule is CC[C@@](N)(CO)c1cccc(C(F)(F)F)c1. The van der Waals surface area contributed by atoms with Crippen molar-refractivity contribution in [2.45, 2.75) is 25.1 Å². The molecule has 0 heterocycles. The van der Waals surface area contributed by atoms with Crippen molar-refractivity contribution in [3.05, 3.63) is 35.4 Å². The first-order chi connectivity index (χ1) is 7.33. The average Bonchev–Trinajstić information content (AvgIpc) is 2.27. The number of benzene rings is 1. The van der Waals surface area contributed by atoms with Gasteiger partial charge in [0.1, 0.15) is 0 Å². The highest BCUT2D eigenvalue weighted by molar-refractivity contribution is 5.31. The number of rotatable bonds is 3. The molecule has 16 heavy (non-hydrogen) atoms. The first-order valence-electron chi connectivity index (χ1n) is 4.91. The largest absolute Gasteiger partial charge is 0.416 e. The van der Waals surface area contributed by atoms with Gasteiger partial charge in [0.15, 0.2) is 0 Å². The lowest BCUT2D eigenvalue weighted by atomic mass is 9.88. The zero-order chi connectivity index (χ0) is 12.4. The van der Waals surface area contributed by atoms with Crippen LogP contribution >= 0.6 is 0 Å². The topological polar surface area (TPSA) is 46.2 Å². The van der Waals surface area contributed by atoms with E-state index in [9.17, 15) is 13.2 Å². The van der Waals surface area contributed by atoms with Gasteiger partial charge in [-0.15, -0.1) is 0 Å². The van der Waals surface area contributed by atoms with Crippen LogP contribution in [-0.2, 0) is 11.7 Å². The van der Waals surface area contributed by atoms with Crippen molar-refractivity contribution in [1.29, 1.82) is 0 Å². The van der Waals surface area contributed by atoms with Crippen molar-refractivity contribution in [3.8, 4) is 0 Å². The van der Waals surface area contributed by atoms with E-state index in [-0.39, 0.29) is 6.61 Å². The highest BCUT2D eigenvalue weighted by atomic mass is 19.4. The van der Waals surface area contributed by atoms with Crippen molar-refractivity contribution in [3.63, 3.8) is 0 Å². The predicted molar refractivity (Wildman–Crippen MR) is 54.7 cm³/mol. The Hall–Kier alpha value is -1.07. The molecule has 1 aromatic rings. The summed E-state index contributed by atoms with van der Waals surface area (Å²) >= 11 is 0. The lowest BCUT2D eigenvalue weighted by molar-refractivity contribution is -0.137. The van der Waals surface area contributed by atoms with Gasteiger partial charge in [-0.25, -0.2) is 0 Å². The first-order valence-corrected chi connectivity index (χ1v) is 4.91. The molecule has 0 spiro atoms. The summed E-state index contributed by atoms with van der Waals surface area (Å²) in [5.41, 5.74) is 4.25. The fourth-order valence-corrected chi connectivity index (χ4v) is 1.41. The maximum atomic E-state index is 12.5. The van der Waals surface area contributed by atoms with Crippen molar-refractivity contribution >= 4 is 0 Å². The van der Waals surface area contributed by atoms with Crippen LogP contribution in [0.5, 0.6) is 0 Å². The molecule has 2 nitrogen and oxygen atoms in total. The van der Waals surface area contributed by atoms with Gasteiger partial charge in [0.05, 0.1) is 17.7 Å². The van der Waals surface area contributed by atoms with Gasteiger partial charge in [0, 0.05) is 0 Å². The number of hydrogen-bond acceptors (Lipinski definition) is 2. The summed E-state index contributed by atoms with van der Waals surface area (Å²) in [4.78, 5) is 0. The van der Waals surface area contributed by atoms with Crippen molar-refractivity contribution in [2.75, 3.05) is 6.61 Å². The standard InChI is InChI=1S/C11H14F3NO/c1-2-10(15,7-16)8-4-3-5-9(6-8)11(12,13)14/h3-6,16H,2,7,15H2,1H3/t10-/m1/s1. The highest BCUT2D eigenvalue weighted by Gasteiger charge is 2.32. The van der Waals surface area contributed by atoms with Crippen LogP contribution in [0.3, 0.4) is 0 Å². The molecular weight excluding hydrogens is 219 g/mol. The summed E-state index contributed by atoms with van der Waals surface area (Å²) in [6.07, 6.45) is -4.02. The second-order valence-electron chi connectivity index (χ2n) is 3.75. The molecule has 1 rings (SSSR count). The second kappa shape index (κ2) is 4.43. The van der Waals surface area contributed by atoms with Crippen LogP contribution in [0.25, 0.3) is 0 Å². The minimum absolute atomic E-state index is 0.298. The summed E-state index contributed by atoms with van der Waals surface area (Å²) in [6.45, 7) is 1.33. The van der Waals surface area contributed by atoms with Crippen LogP contribution in [0, 0.1) is 0 Å². The molecule has 3 N–H and O–H groups in total. The number of alkyl halides is 3. The molecule has 0 amide bonds. The van der Waals surface area contributed by atoms with Crippen LogP contribution in [-0.4, -0.2) is 11.7 Å². The van der Waals surface area contributed by atoms with Gasteiger partial charge in [-0.3, -0.25) is 0 Å². The molecule has 1 atom stereocenters. The molecule has 0 aromatic heterocycles. The van der Waals surface area contributed by atoms with E-state index in [1.165, 1.54) is 12.1 Å². The molecule has 90 valence electrons. The lowest BCUT2D eigenvalue weighted by Gasteiger charge is -2.26. The van der Waals surface area contributed by atoms with Gasteiger partial charge in [-0.2, -0.15) is 13.2 Å². The Morgan fingerprint density at radius 1 is 1.25 bits per heavy atom. The highest BCUT2D eigenvalue weighted by Crippen LogP contribution is 2.32. The van der Waals surface area contributed by atoms with E-state index in [4.69, 9.17) is 10.8 Å². The van der Waals surface area contributed by atoms with Crippen molar-refractivity contribution < 1.29 is 18.3 Å². The maximum Gasteiger partial charge on any atom is 0.416 e. The molecule has 0 unspecified atom stereocenters. The summed E-state index contributed by atoms with van der Waals surface area (Å²) in [5, 5.41) is 9.13. The minimum atomic E-state index is -4.39. The Kier molecular flexibility index (Phi) is 3.60. The van der Waals surface area contributed by atoms with E-state index >= 15 is 0 Å². The fraction of sp³-hybridized carbons (Fsp3) is 0.455. The number of nitrogens with two attached hydrogens (primary N) is 1. The molecule has 1 aromatic carbocycles. The van der Waals surface area contributed by atoms with E-state index in [1.807, 2.05) is 0 Å². The van der Waals surface area contributed by atoms with E-state index in [1.54, 1.807) is 6.92 Å². The fourth-order valence-electron chi connectivity index (χ4n) is 1.41. The Balaban J connectivity index is 3.17. The van der Waals surface area contributed by atoms with Crippen LogP contribution in [0.4, 0.5) is 13.2 Å². The van der Waals surface area contributed by atoms with Crippen LogP contribution in [0.2, 0.25) is 0 Å². The Morgan fingerprint density at radius 3 is 2.25 bits per heavy atom. The molecule has 0 aliphatic carbocycles.